The minimum absolute atomic E-state index is 0.178. The van der Waals surface area contributed by atoms with E-state index in [9.17, 15) is 4.57 Å². The van der Waals surface area contributed by atoms with Gasteiger partial charge in [-0.25, -0.2) is 0 Å². The van der Waals surface area contributed by atoms with Crippen LogP contribution >= 0.6 is 7.14 Å². The molecule has 0 bridgehead atoms. The molecule has 13 heavy (non-hydrogen) atoms. The molecule has 0 spiro atoms. The van der Waals surface area contributed by atoms with Gasteiger partial charge in [0.25, 0.3) is 0 Å². The molecule has 0 rings (SSSR count). The molecule has 0 fully saturated rings. The lowest BCUT2D eigenvalue weighted by atomic mass is 10.5. The fourth-order valence-corrected chi connectivity index (χ4v) is 1.84. The molecule has 4 heteroatoms. The fourth-order valence-electron chi connectivity index (χ4n) is 1.00. The standard InChI is InChI=1S/C9H21O3P/c1-5-11-9(12-6-2)7-8-13(3,4)10/h9H,5-8H2,1-4H3. The van der Waals surface area contributed by atoms with Crippen molar-refractivity contribution in [3.8, 4) is 0 Å². The molecule has 0 saturated heterocycles. The highest BCUT2D eigenvalue weighted by molar-refractivity contribution is 7.62. The van der Waals surface area contributed by atoms with Gasteiger partial charge in [0.1, 0.15) is 0 Å². The summed E-state index contributed by atoms with van der Waals surface area (Å²) in [4.78, 5) is 0. The summed E-state index contributed by atoms with van der Waals surface area (Å²) in [5.74, 6) is 0. The first-order valence-corrected chi connectivity index (χ1v) is 7.55. The molecule has 0 atom stereocenters. The van der Waals surface area contributed by atoms with E-state index in [4.69, 9.17) is 9.47 Å². The number of ether oxygens (including phenoxy) is 2. The quantitative estimate of drug-likeness (QED) is 0.476. The smallest absolute Gasteiger partial charge is 0.157 e. The van der Waals surface area contributed by atoms with Gasteiger partial charge in [-0.1, -0.05) is 0 Å². The molecular weight excluding hydrogens is 187 g/mol. The summed E-state index contributed by atoms with van der Waals surface area (Å²) >= 11 is 0. The Morgan fingerprint density at radius 1 is 1.15 bits per heavy atom. The molecule has 0 aliphatic carbocycles. The predicted octanol–water partition coefficient (Wildman–Crippen LogP) is 2.40. The first-order valence-electron chi connectivity index (χ1n) is 4.76. The highest BCUT2D eigenvalue weighted by atomic mass is 31.2. The molecule has 0 aliphatic heterocycles. The average molecular weight is 208 g/mol. The van der Waals surface area contributed by atoms with Crippen LogP contribution in [0.3, 0.4) is 0 Å². The van der Waals surface area contributed by atoms with Gasteiger partial charge in [-0.2, -0.15) is 0 Å². The van der Waals surface area contributed by atoms with E-state index in [1.165, 1.54) is 0 Å². The van der Waals surface area contributed by atoms with E-state index in [-0.39, 0.29) is 6.29 Å². The first kappa shape index (κ1) is 13.2. The summed E-state index contributed by atoms with van der Waals surface area (Å²) in [6.07, 6.45) is 1.24. The van der Waals surface area contributed by atoms with Crippen LogP contribution in [0.5, 0.6) is 0 Å². The summed E-state index contributed by atoms with van der Waals surface area (Å²) in [6, 6.07) is 0. The number of hydrogen-bond donors (Lipinski definition) is 0. The van der Waals surface area contributed by atoms with E-state index in [0.717, 1.165) is 6.42 Å². The maximum atomic E-state index is 11.4. The molecule has 0 amide bonds. The third-order valence-corrected chi connectivity index (χ3v) is 2.94. The van der Waals surface area contributed by atoms with Crippen molar-refractivity contribution in [2.24, 2.45) is 0 Å². The Morgan fingerprint density at radius 2 is 1.62 bits per heavy atom. The molecule has 0 aromatic heterocycles. The van der Waals surface area contributed by atoms with Gasteiger partial charge in [-0.3, -0.25) is 0 Å². The zero-order valence-corrected chi connectivity index (χ0v) is 9.97. The summed E-state index contributed by atoms with van der Waals surface area (Å²) < 4.78 is 22.1. The Labute approximate surface area is 81.2 Å². The van der Waals surface area contributed by atoms with Crippen LogP contribution < -0.4 is 0 Å². The lowest BCUT2D eigenvalue weighted by Crippen LogP contribution is -2.18. The molecule has 80 valence electrons. The molecule has 3 nitrogen and oxygen atoms in total. The van der Waals surface area contributed by atoms with E-state index >= 15 is 0 Å². The Bertz CT molecular complexity index is 158. The van der Waals surface area contributed by atoms with Crippen molar-refractivity contribution in [2.75, 3.05) is 32.7 Å². The van der Waals surface area contributed by atoms with Crippen molar-refractivity contribution in [1.82, 2.24) is 0 Å². The number of hydrogen-bond acceptors (Lipinski definition) is 3. The maximum Gasteiger partial charge on any atom is 0.157 e. The van der Waals surface area contributed by atoms with Gasteiger partial charge in [0.05, 0.1) is 7.14 Å². The SMILES string of the molecule is CCOC(CCP(C)(C)=O)OCC. The Hall–Kier alpha value is 0.150. The van der Waals surface area contributed by atoms with Gasteiger partial charge in [0.15, 0.2) is 6.29 Å². The molecule has 0 heterocycles. The van der Waals surface area contributed by atoms with Crippen molar-refractivity contribution in [2.45, 2.75) is 26.6 Å². The number of rotatable bonds is 7. The van der Waals surface area contributed by atoms with Crippen LogP contribution in [0.4, 0.5) is 0 Å². The first-order chi connectivity index (χ1) is 5.99. The fraction of sp³-hybridized carbons (Fsp3) is 1.00. The minimum Gasteiger partial charge on any atom is -0.353 e. The average Bonchev–Trinajstić information content (AvgIpc) is 2.00. The highest BCUT2D eigenvalue weighted by Gasteiger charge is 2.13. The lowest BCUT2D eigenvalue weighted by molar-refractivity contribution is -0.136. The second-order valence-corrected chi connectivity index (χ2v) is 7.02. The predicted molar refractivity (Wildman–Crippen MR) is 56.0 cm³/mol. The summed E-state index contributed by atoms with van der Waals surface area (Å²) in [5.41, 5.74) is 0. The van der Waals surface area contributed by atoms with Crippen LogP contribution in [0, 0.1) is 0 Å². The second-order valence-electron chi connectivity index (χ2n) is 3.43. The van der Waals surface area contributed by atoms with E-state index in [1.807, 2.05) is 13.8 Å². The molecule has 0 radical (unpaired) electrons. The van der Waals surface area contributed by atoms with E-state index < -0.39 is 7.14 Å². The van der Waals surface area contributed by atoms with Crippen LogP contribution in [-0.4, -0.2) is 39.0 Å². The van der Waals surface area contributed by atoms with Gasteiger partial charge >= 0.3 is 0 Å². The Balaban J connectivity index is 3.74. The highest BCUT2D eigenvalue weighted by Crippen LogP contribution is 2.36. The van der Waals surface area contributed by atoms with Crippen LogP contribution in [0.1, 0.15) is 20.3 Å². The molecule has 0 aromatic carbocycles. The van der Waals surface area contributed by atoms with Crippen molar-refractivity contribution < 1.29 is 14.0 Å². The summed E-state index contributed by atoms with van der Waals surface area (Å²) in [6.45, 7) is 8.74. The van der Waals surface area contributed by atoms with Crippen LogP contribution in [0.25, 0.3) is 0 Å². The lowest BCUT2D eigenvalue weighted by Gasteiger charge is -2.17. The van der Waals surface area contributed by atoms with E-state index in [0.29, 0.717) is 19.4 Å². The molecule has 0 aliphatic rings. The molecule has 0 N–H and O–H groups in total. The third-order valence-electron chi connectivity index (χ3n) is 1.61. The van der Waals surface area contributed by atoms with Crippen LogP contribution in [-0.2, 0) is 14.0 Å². The van der Waals surface area contributed by atoms with Gasteiger partial charge in [0, 0.05) is 25.8 Å². The van der Waals surface area contributed by atoms with E-state index in [2.05, 4.69) is 0 Å². The van der Waals surface area contributed by atoms with Crippen molar-refractivity contribution in [3.63, 3.8) is 0 Å². The normalized spacial score (nSPS) is 12.4. The second kappa shape index (κ2) is 6.58. The van der Waals surface area contributed by atoms with Crippen molar-refractivity contribution >= 4 is 7.14 Å². The Kier molecular flexibility index (Phi) is 6.66. The van der Waals surface area contributed by atoms with E-state index in [1.54, 1.807) is 13.3 Å². The third kappa shape index (κ3) is 8.48. The zero-order valence-electron chi connectivity index (χ0n) is 9.08. The maximum absolute atomic E-state index is 11.4. The zero-order chi connectivity index (χ0) is 10.3. The Morgan fingerprint density at radius 3 is 1.92 bits per heavy atom. The van der Waals surface area contributed by atoms with Gasteiger partial charge < -0.3 is 14.0 Å². The monoisotopic (exact) mass is 208 g/mol. The summed E-state index contributed by atoms with van der Waals surface area (Å²) in [5, 5.41) is 0. The van der Waals surface area contributed by atoms with Crippen molar-refractivity contribution in [1.29, 1.82) is 0 Å². The minimum atomic E-state index is -1.93. The topological polar surface area (TPSA) is 35.5 Å². The van der Waals surface area contributed by atoms with Gasteiger partial charge in [-0.05, 0) is 27.2 Å². The van der Waals surface area contributed by atoms with Gasteiger partial charge in [-0.15, -0.1) is 0 Å². The van der Waals surface area contributed by atoms with Crippen LogP contribution in [0.15, 0.2) is 0 Å². The van der Waals surface area contributed by atoms with Crippen molar-refractivity contribution in [3.05, 3.63) is 0 Å². The molecule has 0 aromatic rings. The van der Waals surface area contributed by atoms with Gasteiger partial charge in [0.2, 0.25) is 0 Å². The largest absolute Gasteiger partial charge is 0.353 e. The molecule has 0 saturated carbocycles. The molecular formula is C9H21O3P. The summed E-state index contributed by atoms with van der Waals surface area (Å²) in [7, 11) is -1.93. The van der Waals surface area contributed by atoms with Crippen LogP contribution in [0.2, 0.25) is 0 Å². The molecule has 0 unspecified atom stereocenters.